The number of benzene rings is 2. The predicted octanol–water partition coefficient (Wildman–Crippen LogP) is 5.46. The third-order valence-corrected chi connectivity index (χ3v) is 7.13. The molecular weight excluding hydrogens is 438 g/mol. The van der Waals surface area contributed by atoms with Crippen LogP contribution in [0, 0.1) is 0 Å². The number of hydrogen-bond donors (Lipinski definition) is 3. The number of methoxy groups -OCH3 is 1. The fraction of sp³-hybridized carbons (Fsp3) is 0.393. The summed E-state index contributed by atoms with van der Waals surface area (Å²) in [6, 6.07) is 15.8. The Kier molecular flexibility index (Phi) is 7.66. The summed E-state index contributed by atoms with van der Waals surface area (Å²) >= 11 is 0. The fourth-order valence-corrected chi connectivity index (χ4v) is 4.79. The number of esters is 1. The lowest BCUT2D eigenvalue weighted by molar-refractivity contribution is 0.0601. The van der Waals surface area contributed by atoms with E-state index >= 15 is 0 Å². The monoisotopic (exact) mass is 473 g/mol. The normalized spacial score (nSPS) is 11.8. The minimum atomic E-state index is -0.361. The Morgan fingerprint density at radius 3 is 2.54 bits per heavy atom. The molecule has 0 unspecified atom stereocenters. The number of aromatic nitrogens is 3. The smallest absolute Gasteiger partial charge is 0.337 e. The second kappa shape index (κ2) is 10.9. The van der Waals surface area contributed by atoms with E-state index in [0.717, 1.165) is 71.4 Å². The molecule has 0 saturated carbocycles. The molecule has 0 saturated heterocycles. The molecule has 4 aromatic rings. The molecule has 0 spiro atoms. The molecule has 2 aromatic heterocycles. The van der Waals surface area contributed by atoms with Crippen molar-refractivity contribution in [3.8, 4) is 0 Å². The van der Waals surface area contributed by atoms with Crippen molar-refractivity contribution in [2.45, 2.75) is 51.5 Å². The summed E-state index contributed by atoms with van der Waals surface area (Å²) in [5, 5.41) is 9.04. The molecule has 4 rings (SSSR count). The lowest BCUT2D eigenvalue weighted by atomic mass is 9.88. The van der Waals surface area contributed by atoms with Gasteiger partial charge in [-0.25, -0.2) is 14.8 Å². The van der Waals surface area contributed by atoms with E-state index in [1.165, 1.54) is 7.11 Å². The molecule has 0 aliphatic rings. The van der Waals surface area contributed by atoms with E-state index in [2.05, 4.69) is 48.6 Å². The third kappa shape index (κ3) is 5.30. The molecule has 2 heterocycles. The van der Waals surface area contributed by atoms with E-state index in [1.807, 2.05) is 30.3 Å². The SMILES string of the molecule is CCC(CC)(CCCNc1nc(Cc2ccccc2)nc2[nH]c3cc(C(=O)OC)ccc3c12)NC. The van der Waals surface area contributed by atoms with Crippen LogP contribution in [0.1, 0.15) is 61.3 Å². The summed E-state index contributed by atoms with van der Waals surface area (Å²) in [7, 11) is 3.44. The molecule has 3 N–H and O–H groups in total. The first-order valence-electron chi connectivity index (χ1n) is 12.4. The molecule has 35 heavy (non-hydrogen) atoms. The van der Waals surface area contributed by atoms with Crippen LogP contribution in [-0.2, 0) is 11.2 Å². The molecule has 0 fully saturated rings. The van der Waals surface area contributed by atoms with Crippen molar-refractivity contribution in [3.63, 3.8) is 0 Å². The van der Waals surface area contributed by atoms with Gasteiger partial charge in [0.15, 0.2) is 0 Å². The predicted molar refractivity (Wildman–Crippen MR) is 142 cm³/mol. The summed E-state index contributed by atoms with van der Waals surface area (Å²) < 4.78 is 4.89. The van der Waals surface area contributed by atoms with Crippen molar-refractivity contribution >= 4 is 33.7 Å². The van der Waals surface area contributed by atoms with Gasteiger partial charge in [-0.1, -0.05) is 50.2 Å². The van der Waals surface area contributed by atoms with E-state index < -0.39 is 0 Å². The highest BCUT2D eigenvalue weighted by molar-refractivity contribution is 6.12. The highest BCUT2D eigenvalue weighted by Crippen LogP contribution is 2.31. The van der Waals surface area contributed by atoms with Gasteiger partial charge < -0.3 is 20.4 Å². The molecule has 0 bridgehead atoms. The van der Waals surface area contributed by atoms with Gasteiger partial charge in [-0.15, -0.1) is 0 Å². The van der Waals surface area contributed by atoms with Crippen LogP contribution in [0.3, 0.4) is 0 Å². The fourth-order valence-electron chi connectivity index (χ4n) is 4.79. The Morgan fingerprint density at radius 1 is 1.09 bits per heavy atom. The van der Waals surface area contributed by atoms with Gasteiger partial charge >= 0.3 is 5.97 Å². The number of carbonyl (C=O) groups excluding carboxylic acids is 1. The van der Waals surface area contributed by atoms with Crippen molar-refractivity contribution in [3.05, 3.63) is 65.5 Å². The van der Waals surface area contributed by atoms with Crippen LogP contribution in [0.4, 0.5) is 5.82 Å². The first-order valence-corrected chi connectivity index (χ1v) is 12.4. The summed E-state index contributed by atoms with van der Waals surface area (Å²) in [5.41, 5.74) is 3.43. The molecule has 184 valence electrons. The number of ether oxygens (including phenoxy) is 1. The molecule has 0 atom stereocenters. The molecule has 0 amide bonds. The largest absolute Gasteiger partial charge is 0.465 e. The molecule has 0 radical (unpaired) electrons. The highest BCUT2D eigenvalue weighted by atomic mass is 16.5. The molecule has 0 aliphatic heterocycles. The summed E-state index contributed by atoms with van der Waals surface area (Å²) in [4.78, 5) is 25.2. The second-order valence-corrected chi connectivity index (χ2v) is 9.02. The minimum Gasteiger partial charge on any atom is -0.465 e. The lowest BCUT2D eigenvalue weighted by Gasteiger charge is -2.31. The quantitative estimate of drug-likeness (QED) is 0.198. The van der Waals surface area contributed by atoms with Crippen molar-refractivity contribution in [1.29, 1.82) is 0 Å². The molecular formula is C28H35N5O2. The number of anilines is 1. The van der Waals surface area contributed by atoms with Crippen molar-refractivity contribution < 1.29 is 9.53 Å². The zero-order valence-corrected chi connectivity index (χ0v) is 21.1. The van der Waals surface area contributed by atoms with Crippen LogP contribution in [-0.4, -0.2) is 47.2 Å². The topological polar surface area (TPSA) is 91.9 Å². The van der Waals surface area contributed by atoms with Gasteiger partial charge in [0.25, 0.3) is 0 Å². The van der Waals surface area contributed by atoms with Gasteiger partial charge in [0, 0.05) is 29.4 Å². The number of rotatable bonds is 11. The van der Waals surface area contributed by atoms with Crippen LogP contribution < -0.4 is 10.6 Å². The zero-order valence-electron chi connectivity index (χ0n) is 21.1. The van der Waals surface area contributed by atoms with Crippen molar-refractivity contribution in [1.82, 2.24) is 20.3 Å². The average Bonchev–Trinajstić information content (AvgIpc) is 3.27. The second-order valence-electron chi connectivity index (χ2n) is 9.02. The Balaban J connectivity index is 1.68. The maximum atomic E-state index is 12.0. The standard InChI is InChI=1S/C28H35N5O2/c1-5-28(6-2,29-3)15-10-16-30-25-24-21-14-13-20(27(34)35-4)18-22(21)31-26(24)33-23(32-25)17-19-11-8-7-9-12-19/h7-9,11-14,18,29H,5-6,10,15-17H2,1-4H3,(H2,30,31,32,33). The van der Waals surface area contributed by atoms with Gasteiger partial charge in [-0.3, -0.25) is 0 Å². The number of hydrogen-bond acceptors (Lipinski definition) is 6. The van der Waals surface area contributed by atoms with E-state index in [4.69, 9.17) is 14.7 Å². The van der Waals surface area contributed by atoms with Gasteiger partial charge in [-0.05, 0) is 50.4 Å². The minimum absolute atomic E-state index is 0.173. The van der Waals surface area contributed by atoms with Gasteiger partial charge in [0.1, 0.15) is 17.3 Å². The number of nitrogens with one attached hydrogen (secondary N) is 3. The van der Waals surface area contributed by atoms with E-state index in [9.17, 15) is 4.79 Å². The van der Waals surface area contributed by atoms with Crippen LogP contribution in [0.2, 0.25) is 0 Å². The van der Waals surface area contributed by atoms with Gasteiger partial charge in [0.2, 0.25) is 0 Å². The maximum absolute atomic E-state index is 12.0. The van der Waals surface area contributed by atoms with Crippen LogP contribution >= 0.6 is 0 Å². The van der Waals surface area contributed by atoms with Crippen molar-refractivity contribution in [2.24, 2.45) is 0 Å². The number of aromatic amines is 1. The van der Waals surface area contributed by atoms with E-state index in [1.54, 1.807) is 6.07 Å². The lowest BCUT2D eigenvalue weighted by Crippen LogP contribution is -2.41. The summed E-state index contributed by atoms with van der Waals surface area (Å²) in [6.07, 6.45) is 4.96. The first-order chi connectivity index (χ1) is 17.0. The molecule has 7 heteroatoms. The average molecular weight is 474 g/mol. The van der Waals surface area contributed by atoms with Gasteiger partial charge in [0.05, 0.1) is 18.1 Å². The summed E-state index contributed by atoms with van der Waals surface area (Å²) in [5.74, 6) is 1.21. The Labute approximate surface area is 206 Å². The first kappa shape index (κ1) is 24.7. The molecule has 7 nitrogen and oxygen atoms in total. The third-order valence-electron chi connectivity index (χ3n) is 7.13. The Morgan fingerprint density at radius 2 is 1.86 bits per heavy atom. The Hall–Kier alpha value is -3.45. The maximum Gasteiger partial charge on any atom is 0.337 e. The number of carbonyl (C=O) groups is 1. The molecule has 0 aliphatic carbocycles. The number of H-pyrrole nitrogens is 1. The van der Waals surface area contributed by atoms with Gasteiger partial charge in [-0.2, -0.15) is 0 Å². The number of fused-ring (bicyclic) bond motifs is 3. The summed E-state index contributed by atoms with van der Waals surface area (Å²) in [6.45, 7) is 5.30. The van der Waals surface area contributed by atoms with Crippen LogP contribution in [0.25, 0.3) is 21.9 Å². The highest BCUT2D eigenvalue weighted by Gasteiger charge is 2.23. The van der Waals surface area contributed by atoms with Crippen molar-refractivity contribution in [2.75, 3.05) is 26.0 Å². The van der Waals surface area contributed by atoms with E-state index in [-0.39, 0.29) is 11.5 Å². The zero-order chi connectivity index (χ0) is 24.8. The van der Waals surface area contributed by atoms with Crippen LogP contribution in [0.5, 0.6) is 0 Å². The van der Waals surface area contributed by atoms with Crippen LogP contribution in [0.15, 0.2) is 48.5 Å². The molecule has 2 aromatic carbocycles. The Bertz CT molecular complexity index is 1290. The number of nitrogens with zero attached hydrogens (tertiary/aromatic N) is 2. The van der Waals surface area contributed by atoms with E-state index in [0.29, 0.717) is 12.0 Å².